The van der Waals surface area contributed by atoms with Gasteiger partial charge in [0.25, 0.3) is 0 Å². The lowest BCUT2D eigenvalue weighted by Crippen LogP contribution is -2.05. The molecular formula is C42H31BrN4O2S2. The van der Waals surface area contributed by atoms with Crippen molar-refractivity contribution in [3.63, 3.8) is 0 Å². The highest BCUT2D eigenvalue weighted by Crippen LogP contribution is 2.50. The number of benzene rings is 6. The number of nitrogens with zero attached hydrogens (tertiary/aromatic N) is 4. The zero-order valence-corrected chi connectivity index (χ0v) is 31.0. The van der Waals surface area contributed by atoms with E-state index in [9.17, 15) is 8.42 Å². The summed E-state index contributed by atoms with van der Waals surface area (Å²) in [5.74, 6) is 1.54. The van der Waals surface area contributed by atoms with E-state index in [1.807, 2.05) is 103 Å². The maximum Gasteiger partial charge on any atom is 0.156 e. The average molecular weight is 768 g/mol. The lowest BCUT2D eigenvalue weighted by Gasteiger charge is -2.18. The Balaban J connectivity index is 0.000000137. The van der Waals surface area contributed by atoms with E-state index in [1.165, 1.54) is 0 Å². The van der Waals surface area contributed by atoms with Gasteiger partial charge in [-0.05, 0) is 60.7 Å². The molecule has 2 aliphatic heterocycles. The molecule has 10 rings (SSSR count). The first-order valence-electron chi connectivity index (χ1n) is 16.4. The third-order valence-corrected chi connectivity index (χ3v) is 13.3. The number of aromatic nitrogens is 2. The second-order valence-corrected chi connectivity index (χ2v) is 18.1. The smallest absolute Gasteiger partial charge is 0.156 e. The molecule has 0 N–H and O–H groups in total. The summed E-state index contributed by atoms with van der Waals surface area (Å²) < 4.78 is 41.3. The lowest BCUT2D eigenvalue weighted by atomic mass is 10.0. The fourth-order valence-electron chi connectivity index (χ4n) is 7.29. The van der Waals surface area contributed by atoms with Crippen LogP contribution in [0, 0.1) is 0 Å². The summed E-state index contributed by atoms with van der Waals surface area (Å²) in [4.78, 5) is 1.62. The van der Waals surface area contributed by atoms with Gasteiger partial charge in [0.05, 0.1) is 40.3 Å². The second-order valence-electron chi connectivity index (χ2n) is 12.7. The van der Waals surface area contributed by atoms with Gasteiger partial charge >= 0.3 is 0 Å². The minimum atomic E-state index is -2.50. The van der Waals surface area contributed by atoms with Crippen LogP contribution in [-0.4, -0.2) is 30.1 Å². The van der Waals surface area contributed by atoms with Crippen LogP contribution in [0.15, 0.2) is 175 Å². The van der Waals surface area contributed by atoms with Gasteiger partial charge in [0.2, 0.25) is 0 Å². The van der Waals surface area contributed by atoms with Gasteiger partial charge in [0.15, 0.2) is 11.6 Å². The highest BCUT2D eigenvalue weighted by Gasteiger charge is 2.30. The summed E-state index contributed by atoms with van der Waals surface area (Å²) in [5.41, 5.74) is 8.30. The fraction of sp³-hybridized carbons (Fsp3) is 0.0476. The molecule has 6 nitrogen and oxygen atoms in total. The molecule has 2 atom stereocenters. The van der Waals surface area contributed by atoms with Gasteiger partial charge < -0.3 is 0 Å². The van der Waals surface area contributed by atoms with Crippen molar-refractivity contribution in [3.05, 3.63) is 156 Å². The number of hydrogen-bond donors (Lipinski definition) is 0. The third kappa shape index (κ3) is 5.10. The molecule has 4 heterocycles. The molecule has 9 heteroatoms. The van der Waals surface area contributed by atoms with Crippen molar-refractivity contribution in [1.29, 1.82) is 0 Å². The minimum absolute atomic E-state index is 0.760. The van der Waals surface area contributed by atoms with Crippen molar-refractivity contribution in [2.45, 2.75) is 9.79 Å². The summed E-state index contributed by atoms with van der Waals surface area (Å²) in [5, 5.41) is 2.23. The molecule has 51 heavy (non-hydrogen) atoms. The highest BCUT2D eigenvalue weighted by atomic mass is 79.9. The quantitative estimate of drug-likeness (QED) is 0.176. The predicted molar refractivity (Wildman–Crippen MR) is 214 cm³/mol. The molecule has 0 saturated heterocycles. The topological polar surface area (TPSA) is 68.7 Å². The van der Waals surface area contributed by atoms with Crippen LogP contribution >= 0.6 is 15.9 Å². The Hall–Kier alpha value is -5.22. The van der Waals surface area contributed by atoms with Crippen molar-refractivity contribution >= 4 is 68.8 Å². The fourth-order valence-corrected chi connectivity index (χ4v) is 10.7. The molecule has 0 aliphatic carbocycles. The summed E-state index contributed by atoms with van der Waals surface area (Å²) in [6.45, 7) is 0. The van der Waals surface area contributed by atoms with Crippen LogP contribution < -0.4 is 0 Å². The molecule has 2 aromatic heterocycles. The Morgan fingerprint density at radius 2 is 0.922 bits per heavy atom. The van der Waals surface area contributed by atoms with Crippen molar-refractivity contribution in [2.75, 3.05) is 12.5 Å². The Morgan fingerprint density at radius 3 is 1.47 bits per heavy atom. The Kier molecular flexibility index (Phi) is 7.43. The number of halogens is 1. The highest BCUT2D eigenvalue weighted by molar-refractivity contribution is 9.10. The van der Waals surface area contributed by atoms with Crippen LogP contribution in [-0.2, 0) is 19.5 Å². The maximum absolute atomic E-state index is 13.3. The summed E-state index contributed by atoms with van der Waals surface area (Å²) in [6.07, 6.45) is 3.44. The molecule has 8 aromatic rings. The second kappa shape index (κ2) is 11.9. The largest absolute Gasteiger partial charge is 0.293 e. The molecule has 0 fully saturated rings. The van der Waals surface area contributed by atoms with Gasteiger partial charge in [-0.25, -0.2) is 8.42 Å². The summed E-state index contributed by atoms with van der Waals surface area (Å²) in [7, 11) is -4.98. The SMILES string of the molecule is CS1(=O)=Nc2c(c3cc(Br)ccc3n2-c2ccccc2)-c2ccccc21.CS1(=O)=Nc2c(c3ccccc3n2-c2ccccc2)-c2ccccc21. The third-order valence-electron chi connectivity index (χ3n) is 9.43. The van der Waals surface area contributed by atoms with Gasteiger partial charge in [-0.1, -0.05) is 107 Å². The molecule has 0 amide bonds. The molecule has 0 saturated carbocycles. The van der Waals surface area contributed by atoms with Gasteiger partial charge in [0, 0.05) is 61.4 Å². The Labute approximate surface area is 305 Å². The summed E-state index contributed by atoms with van der Waals surface area (Å²) >= 11 is 3.59. The van der Waals surface area contributed by atoms with E-state index in [0.717, 1.165) is 81.3 Å². The van der Waals surface area contributed by atoms with Gasteiger partial charge in [-0.3, -0.25) is 9.13 Å². The molecule has 0 bridgehead atoms. The summed E-state index contributed by atoms with van der Waals surface area (Å²) in [6, 6.07) is 50.5. The van der Waals surface area contributed by atoms with Crippen LogP contribution in [0.1, 0.15) is 0 Å². The van der Waals surface area contributed by atoms with Crippen LogP contribution in [0.3, 0.4) is 0 Å². The lowest BCUT2D eigenvalue weighted by molar-refractivity contribution is 0.679. The molecule has 2 unspecified atom stereocenters. The number of fused-ring (bicyclic) bond motifs is 10. The van der Waals surface area contributed by atoms with E-state index in [-0.39, 0.29) is 0 Å². The van der Waals surface area contributed by atoms with Crippen molar-refractivity contribution in [3.8, 4) is 33.6 Å². The van der Waals surface area contributed by atoms with Gasteiger partial charge in [-0.2, -0.15) is 8.73 Å². The van der Waals surface area contributed by atoms with Gasteiger partial charge in [-0.15, -0.1) is 0 Å². The molecule has 0 radical (unpaired) electrons. The van der Waals surface area contributed by atoms with E-state index >= 15 is 0 Å². The van der Waals surface area contributed by atoms with E-state index in [2.05, 4.69) is 73.6 Å². The number of para-hydroxylation sites is 3. The minimum Gasteiger partial charge on any atom is -0.293 e. The van der Waals surface area contributed by atoms with Crippen molar-refractivity contribution < 1.29 is 8.42 Å². The first-order chi connectivity index (χ1) is 24.7. The molecule has 6 aromatic carbocycles. The first kappa shape index (κ1) is 31.7. The Morgan fingerprint density at radius 1 is 0.490 bits per heavy atom. The zero-order valence-electron chi connectivity index (χ0n) is 27.7. The molecule has 250 valence electrons. The van der Waals surface area contributed by atoms with Crippen LogP contribution in [0.2, 0.25) is 0 Å². The molecule has 0 spiro atoms. The number of hydrogen-bond acceptors (Lipinski definition) is 4. The Bertz CT molecular complexity index is 2920. The first-order valence-corrected chi connectivity index (χ1v) is 21.1. The van der Waals surface area contributed by atoms with Crippen LogP contribution in [0.4, 0.5) is 11.6 Å². The van der Waals surface area contributed by atoms with Crippen molar-refractivity contribution in [1.82, 2.24) is 9.13 Å². The van der Waals surface area contributed by atoms with E-state index in [0.29, 0.717) is 0 Å². The molecular weight excluding hydrogens is 737 g/mol. The number of rotatable bonds is 2. The standard InChI is InChI=1S/C21H15BrN2OS.C21H16N2OS/c1-26(25)19-10-6-5-9-16(19)20-17-13-14(22)11-12-18(17)24(21(20)23-26)15-7-3-2-4-8-15;1-25(24)19-14-8-6-12-17(19)20-16-11-5-7-13-18(16)23(21(20)22-25)15-9-3-2-4-10-15/h2-13H,1H3;2-14H,1H3. The molecule has 2 aliphatic rings. The predicted octanol–water partition coefficient (Wildman–Crippen LogP) is 11.6. The monoisotopic (exact) mass is 766 g/mol. The maximum atomic E-state index is 13.3. The van der Waals surface area contributed by atoms with Crippen LogP contribution in [0.25, 0.3) is 55.4 Å². The van der Waals surface area contributed by atoms with E-state index in [4.69, 9.17) is 8.73 Å². The van der Waals surface area contributed by atoms with Gasteiger partial charge in [0.1, 0.15) is 0 Å². The van der Waals surface area contributed by atoms with E-state index < -0.39 is 19.5 Å². The zero-order chi connectivity index (χ0) is 34.9. The van der Waals surface area contributed by atoms with Crippen molar-refractivity contribution in [2.24, 2.45) is 8.73 Å². The van der Waals surface area contributed by atoms with Crippen LogP contribution in [0.5, 0.6) is 0 Å². The average Bonchev–Trinajstić information content (AvgIpc) is 3.63. The van der Waals surface area contributed by atoms with E-state index in [1.54, 1.807) is 12.5 Å². The normalized spacial score (nSPS) is 18.3.